The number of hydrogen-bond acceptors (Lipinski definition) is 2. The van der Waals surface area contributed by atoms with E-state index in [2.05, 4.69) is 44.6 Å². The molecule has 1 unspecified atom stereocenters. The molecule has 0 saturated carbocycles. The predicted molar refractivity (Wildman–Crippen MR) is 86.8 cm³/mol. The second kappa shape index (κ2) is 7.71. The molecule has 114 valence electrons. The van der Waals surface area contributed by atoms with E-state index in [1.807, 2.05) is 6.20 Å². The smallest absolute Gasteiger partial charge is 0.130 e. The summed E-state index contributed by atoms with van der Waals surface area (Å²) in [5.41, 5.74) is 0.881. The molecule has 0 aliphatic rings. The quantitative estimate of drug-likeness (QED) is 0.804. The average molecular weight is 354 g/mol. The number of aromatic nitrogens is 2. The van der Waals surface area contributed by atoms with Gasteiger partial charge in [-0.3, -0.25) is 0 Å². The third-order valence-electron chi connectivity index (χ3n) is 3.34. The van der Waals surface area contributed by atoms with Crippen LogP contribution >= 0.6 is 15.9 Å². The minimum atomic E-state index is -0.231. The fourth-order valence-electron chi connectivity index (χ4n) is 2.38. The zero-order valence-corrected chi connectivity index (χ0v) is 14.0. The predicted octanol–water partition coefficient (Wildman–Crippen LogP) is 4.28. The summed E-state index contributed by atoms with van der Waals surface area (Å²) in [6.07, 6.45) is 5.83. The highest BCUT2D eigenvalue weighted by Gasteiger charge is 2.21. The first-order valence-electron chi connectivity index (χ1n) is 7.36. The normalized spacial score (nSPS) is 12.6. The van der Waals surface area contributed by atoms with Crippen molar-refractivity contribution in [3.63, 3.8) is 0 Å². The number of imidazole rings is 1. The van der Waals surface area contributed by atoms with Crippen LogP contribution in [0, 0.1) is 5.82 Å². The molecule has 1 aromatic carbocycles. The first kappa shape index (κ1) is 16.2. The topological polar surface area (TPSA) is 29.9 Å². The fraction of sp³-hybridized carbons (Fsp3) is 0.438. The Morgan fingerprint density at radius 1 is 1.33 bits per heavy atom. The number of hydrogen-bond donors (Lipinski definition) is 1. The van der Waals surface area contributed by atoms with Crippen molar-refractivity contribution < 1.29 is 4.39 Å². The molecule has 0 aliphatic carbocycles. The number of aryl methyl sites for hydroxylation is 1. The molecule has 0 fully saturated rings. The van der Waals surface area contributed by atoms with Crippen LogP contribution in [0.5, 0.6) is 0 Å². The molecule has 0 radical (unpaired) electrons. The number of nitrogens with zero attached hydrogens (tertiary/aromatic N) is 2. The van der Waals surface area contributed by atoms with Crippen LogP contribution in [0.3, 0.4) is 0 Å². The first-order valence-corrected chi connectivity index (χ1v) is 8.16. The summed E-state index contributed by atoms with van der Waals surface area (Å²) in [6.45, 7) is 6.01. The van der Waals surface area contributed by atoms with Gasteiger partial charge in [0.2, 0.25) is 0 Å². The Bertz CT molecular complexity index is 583. The fourth-order valence-corrected chi connectivity index (χ4v) is 2.85. The van der Waals surface area contributed by atoms with Gasteiger partial charge in [0.25, 0.3) is 0 Å². The van der Waals surface area contributed by atoms with Crippen LogP contribution in [-0.2, 0) is 6.54 Å². The summed E-state index contributed by atoms with van der Waals surface area (Å²) in [5, 5.41) is 3.47. The third-order valence-corrected chi connectivity index (χ3v) is 4.06. The molecule has 3 nitrogen and oxygen atoms in total. The maximum Gasteiger partial charge on any atom is 0.130 e. The number of nitrogens with one attached hydrogen (secondary N) is 1. The molecule has 0 saturated heterocycles. The number of halogens is 2. The monoisotopic (exact) mass is 353 g/mol. The molecular formula is C16H21BrFN3. The Morgan fingerprint density at radius 3 is 2.86 bits per heavy atom. The lowest BCUT2D eigenvalue weighted by atomic mass is 10.1. The van der Waals surface area contributed by atoms with Crippen molar-refractivity contribution in [3.8, 4) is 0 Å². The lowest BCUT2D eigenvalue weighted by Gasteiger charge is -2.21. The second-order valence-corrected chi connectivity index (χ2v) is 5.89. The van der Waals surface area contributed by atoms with E-state index in [9.17, 15) is 4.39 Å². The zero-order valence-electron chi connectivity index (χ0n) is 12.4. The van der Waals surface area contributed by atoms with Gasteiger partial charge >= 0.3 is 0 Å². The second-order valence-electron chi connectivity index (χ2n) is 5.03. The van der Waals surface area contributed by atoms with Gasteiger partial charge in [-0.05, 0) is 43.1 Å². The summed E-state index contributed by atoms with van der Waals surface area (Å²) in [6, 6.07) is 4.67. The van der Waals surface area contributed by atoms with Gasteiger partial charge in [-0.25, -0.2) is 9.37 Å². The van der Waals surface area contributed by atoms with Gasteiger partial charge in [-0.1, -0.05) is 29.8 Å². The van der Waals surface area contributed by atoms with Gasteiger partial charge in [-0.2, -0.15) is 0 Å². The lowest BCUT2D eigenvalue weighted by molar-refractivity contribution is 0.525. The molecule has 1 aromatic heterocycles. The Labute approximate surface area is 133 Å². The summed E-state index contributed by atoms with van der Waals surface area (Å²) < 4.78 is 16.7. The van der Waals surface area contributed by atoms with Gasteiger partial charge in [0.15, 0.2) is 0 Å². The van der Waals surface area contributed by atoms with E-state index < -0.39 is 0 Å². The highest BCUT2D eigenvalue weighted by Crippen LogP contribution is 2.28. The average Bonchev–Trinajstić information content (AvgIpc) is 2.92. The zero-order chi connectivity index (χ0) is 15.2. The largest absolute Gasteiger partial charge is 0.333 e. The van der Waals surface area contributed by atoms with Gasteiger partial charge in [0, 0.05) is 23.4 Å². The minimum absolute atomic E-state index is 0.114. The maximum atomic E-state index is 13.6. The standard InChI is InChI=1S/C16H21BrFN3/c1-3-7-19-15(13-11-12(18)5-6-14(13)17)16-20-8-10-21(16)9-4-2/h5-6,8,10-11,15,19H,3-4,7,9H2,1-2H3. The molecule has 2 rings (SSSR count). The molecule has 1 N–H and O–H groups in total. The van der Waals surface area contributed by atoms with Crippen LogP contribution in [-0.4, -0.2) is 16.1 Å². The lowest BCUT2D eigenvalue weighted by Crippen LogP contribution is -2.26. The molecule has 1 heterocycles. The van der Waals surface area contributed by atoms with Crippen LogP contribution in [0.25, 0.3) is 0 Å². The molecule has 0 bridgehead atoms. The molecule has 0 amide bonds. The molecular weight excluding hydrogens is 333 g/mol. The van der Waals surface area contributed by atoms with Crippen molar-refractivity contribution in [1.82, 2.24) is 14.9 Å². The van der Waals surface area contributed by atoms with Crippen LogP contribution in [0.15, 0.2) is 35.1 Å². The van der Waals surface area contributed by atoms with E-state index in [0.29, 0.717) is 0 Å². The summed E-state index contributed by atoms with van der Waals surface area (Å²) in [4.78, 5) is 4.49. The van der Waals surface area contributed by atoms with Crippen molar-refractivity contribution >= 4 is 15.9 Å². The first-order chi connectivity index (χ1) is 10.2. The Kier molecular flexibility index (Phi) is 5.94. The molecule has 2 aromatic rings. The van der Waals surface area contributed by atoms with E-state index in [0.717, 1.165) is 41.8 Å². The number of benzene rings is 1. The van der Waals surface area contributed by atoms with Crippen molar-refractivity contribution in [2.24, 2.45) is 0 Å². The van der Waals surface area contributed by atoms with Crippen molar-refractivity contribution in [3.05, 3.63) is 52.3 Å². The van der Waals surface area contributed by atoms with E-state index in [-0.39, 0.29) is 11.9 Å². The van der Waals surface area contributed by atoms with Crippen LogP contribution in [0.4, 0.5) is 4.39 Å². The Hall–Kier alpha value is -1.20. The maximum absolute atomic E-state index is 13.6. The van der Waals surface area contributed by atoms with Crippen molar-refractivity contribution in [1.29, 1.82) is 0 Å². The minimum Gasteiger partial charge on any atom is -0.333 e. The van der Waals surface area contributed by atoms with Gasteiger partial charge in [0.05, 0.1) is 6.04 Å². The van der Waals surface area contributed by atoms with Crippen LogP contribution < -0.4 is 5.32 Å². The molecule has 1 atom stereocenters. The third kappa shape index (κ3) is 3.92. The van der Waals surface area contributed by atoms with Crippen LogP contribution in [0.2, 0.25) is 0 Å². The molecule has 5 heteroatoms. The highest BCUT2D eigenvalue weighted by atomic mass is 79.9. The molecule has 0 aliphatic heterocycles. The molecule has 0 spiro atoms. The summed E-state index contributed by atoms with van der Waals surface area (Å²) in [5.74, 6) is 0.696. The van der Waals surface area contributed by atoms with E-state index in [1.54, 1.807) is 18.3 Å². The van der Waals surface area contributed by atoms with Gasteiger partial charge in [0.1, 0.15) is 11.6 Å². The Morgan fingerprint density at radius 2 is 2.14 bits per heavy atom. The Balaban J connectivity index is 2.42. The van der Waals surface area contributed by atoms with E-state index in [4.69, 9.17) is 0 Å². The summed E-state index contributed by atoms with van der Waals surface area (Å²) >= 11 is 3.53. The highest BCUT2D eigenvalue weighted by molar-refractivity contribution is 9.10. The van der Waals surface area contributed by atoms with Crippen molar-refractivity contribution in [2.45, 2.75) is 39.3 Å². The van der Waals surface area contributed by atoms with E-state index in [1.165, 1.54) is 6.07 Å². The summed E-state index contributed by atoms with van der Waals surface area (Å²) in [7, 11) is 0. The molecule has 21 heavy (non-hydrogen) atoms. The van der Waals surface area contributed by atoms with Crippen LogP contribution in [0.1, 0.15) is 44.1 Å². The van der Waals surface area contributed by atoms with Crippen molar-refractivity contribution in [2.75, 3.05) is 6.54 Å². The van der Waals surface area contributed by atoms with Gasteiger partial charge < -0.3 is 9.88 Å². The SMILES string of the molecule is CCCNC(c1cc(F)ccc1Br)c1nccn1CCC. The van der Waals surface area contributed by atoms with Gasteiger partial charge in [-0.15, -0.1) is 0 Å². The number of rotatable bonds is 7. The van der Waals surface area contributed by atoms with E-state index >= 15 is 0 Å².